The van der Waals surface area contributed by atoms with Crippen molar-refractivity contribution < 1.29 is 32.2 Å². The molecule has 0 aromatic carbocycles. The standard InChI is InChI=1S/C20H27F3N4O4/c1-2-31-19(29)14-9-24-27-16(20(21,22)23)8-15(25-17(14)27)12-4-3-6-26(10-12)18(28)13-5-7-30-11-13/h9,12-13,15-16,25H,2-8,10-11H2,1H3/t12-,13-,15+,16-/m1/s1. The molecule has 1 amide bonds. The molecule has 2 fully saturated rings. The predicted molar refractivity (Wildman–Crippen MR) is 104 cm³/mol. The first kappa shape index (κ1) is 21.9. The van der Waals surface area contributed by atoms with Crippen LogP contribution in [-0.2, 0) is 14.3 Å². The van der Waals surface area contributed by atoms with Crippen LogP contribution < -0.4 is 5.32 Å². The number of amides is 1. The number of carbonyl (C=O) groups excluding carboxylic acids is 2. The molecule has 4 rings (SSSR count). The molecule has 0 spiro atoms. The van der Waals surface area contributed by atoms with E-state index in [4.69, 9.17) is 9.47 Å². The smallest absolute Gasteiger partial charge is 0.410 e. The first-order valence-corrected chi connectivity index (χ1v) is 10.7. The molecular weight excluding hydrogens is 417 g/mol. The summed E-state index contributed by atoms with van der Waals surface area (Å²) in [7, 11) is 0. The minimum Gasteiger partial charge on any atom is -0.462 e. The Morgan fingerprint density at radius 1 is 1.35 bits per heavy atom. The molecule has 3 aliphatic rings. The van der Waals surface area contributed by atoms with Gasteiger partial charge in [-0.05, 0) is 38.5 Å². The van der Waals surface area contributed by atoms with Crippen LogP contribution in [0.5, 0.6) is 0 Å². The molecule has 11 heteroatoms. The van der Waals surface area contributed by atoms with Gasteiger partial charge in [-0.1, -0.05) is 0 Å². The number of halogens is 3. The van der Waals surface area contributed by atoms with Gasteiger partial charge < -0.3 is 19.7 Å². The van der Waals surface area contributed by atoms with Crippen LogP contribution in [-0.4, -0.2) is 71.7 Å². The van der Waals surface area contributed by atoms with Gasteiger partial charge in [-0.3, -0.25) is 4.79 Å². The minimum atomic E-state index is -4.52. The first-order valence-electron chi connectivity index (χ1n) is 10.7. The Morgan fingerprint density at radius 2 is 2.16 bits per heavy atom. The van der Waals surface area contributed by atoms with Crippen LogP contribution in [0.25, 0.3) is 0 Å². The van der Waals surface area contributed by atoms with Gasteiger partial charge in [-0.2, -0.15) is 18.3 Å². The van der Waals surface area contributed by atoms with Crippen LogP contribution in [0.4, 0.5) is 19.0 Å². The van der Waals surface area contributed by atoms with Crippen molar-refractivity contribution in [3.63, 3.8) is 0 Å². The number of carbonyl (C=O) groups is 2. The maximum absolute atomic E-state index is 13.8. The summed E-state index contributed by atoms with van der Waals surface area (Å²) in [6.45, 7) is 3.70. The second kappa shape index (κ2) is 8.68. The van der Waals surface area contributed by atoms with E-state index >= 15 is 0 Å². The van der Waals surface area contributed by atoms with Crippen molar-refractivity contribution in [1.82, 2.24) is 14.7 Å². The molecule has 0 saturated carbocycles. The Bertz CT molecular complexity index is 822. The molecule has 1 aromatic heterocycles. The number of hydrogen-bond donors (Lipinski definition) is 1. The number of esters is 1. The molecule has 0 aliphatic carbocycles. The van der Waals surface area contributed by atoms with Crippen LogP contribution in [0.3, 0.4) is 0 Å². The molecule has 1 N–H and O–H groups in total. The Morgan fingerprint density at radius 3 is 2.84 bits per heavy atom. The van der Waals surface area contributed by atoms with Gasteiger partial charge >= 0.3 is 12.1 Å². The number of aromatic nitrogens is 2. The van der Waals surface area contributed by atoms with Gasteiger partial charge in [0, 0.05) is 25.7 Å². The van der Waals surface area contributed by atoms with Gasteiger partial charge in [0.05, 0.1) is 25.3 Å². The Balaban J connectivity index is 1.56. The van der Waals surface area contributed by atoms with Crippen molar-refractivity contribution in [2.24, 2.45) is 11.8 Å². The second-order valence-corrected chi connectivity index (χ2v) is 8.36. The van der Waals surface area contributed by atoms with Crippen molar-refractivity contribution in [3.05, 3.63) is 11.8 Å². The number of hydrogen-bond acceptors (Lipinski definition) is 6. The number of likely N-dealkylation sites (tertiary alicyclic amines) is 1. The van der Waals surface area contributed by atoms with E-state index < -0.39 is 24.2 Å². The summed E-state index contributed by atoms with van der Waals surface area (Å²) in [5, 5.41) is 6.96. The predicted octanol–water partition coefficient (Wildman–Crippen LogP) is 2.62. The normalized spacial score (nSPS) is 28.7. The van der Waals surface area contributed by atoms with E-state index in [1.165, 1.54) is 0 Å². The number of piperidine rings is 1. The van der Waals surface area contributed by atoms with Gasteiger partial charge in [0.15, 0.2) is 6.04 Å². The van der Waals surface area contributed by atoms with Crippen molar-refractivity contribution in [2.75, 3.05) is 38.2 Å². The third-order valence-corrected chi connectivity index (χ3v) is 6.38. The summed E-state index contributed by atoms with van der Waals surface area (Å²) in [6, 6.07) is -2.38. The molecule has 0 radical (unpaired) electrons. The van der Waals surface area contributed by atoms with Gasteiger partial charge in [0.25, 0.3) is 0 Å². The molecule has 2 saturated heterocycles. The van der Waals surface area contributed by atoms with Crippen molar-refractivity contribution in [2.45, 2.75) is 50.9 Å². The Labute approximate surface area is 178 Å². The lowest BCUT2D eigenvalue weighted by Gasteiger charge is -2.42. The molecule has 8 nitrogen and oxygen atoms in total. The number of nitrogens with one attached hydrogen (secondary N) is 1. The molecule has 4 atom stereocenters. The maximum Gasteiger partial charge on any atom is 0.410 e. The van der Waals surface area contributed by atoms with Crippen molar-refractivity contribution >= 4 is 17.7 Å². The summed E-state index contributed by atoms with van der Waals surface area (Å²) in [5.74, 6) is -0.992. The molecule has 31 heavy (non-hydrogen) atoms. The van der Waals surface area contributed by atoms with Crippen LogP contribution >= 0.6 is 0 Å². The molecule has 1 aromatic rings. The van der Waals surface area contributed by atoms with E-state index in [1.54, 1.807) is 11.8 Å². The second-order valence-electron chi connectivity index (χ2n) is 8.36. The zero-order valence-electron chi connectivity index (χ0n) is 17.4. The number of ether oxygens (including phenoxy) is 2. The third kappa shape index (κ3) is 4.37. The van der Waals surface area contributed by atoms with Gasteiger partial charge in [-0.25, -0.2) is 9.48 Å². The third-order valence-electron chi connectivity index (χ3n) is 6.38. The van der Waals surface area contributed by atoms with Gasteiger partial charge in [-0.15, -0.1) is 0 Å². The van der Waals surface area contributed by atoms with Crippen LogP contribution in [0, 0.1) is 11.8 Å². The lowest BCUT2D eigenvalue weighted by atomic mass is 9.85. The van der Waals surface area contributed by atoms with E-state index in [-0.39, 0.29) is 42.2 Å². The highest BCUT2D eigenvalue weighted by Gasteiger charge is 2.49. The Hall–Kier alpha value is -2.30. The fourth-order valence-corrected chi connectivity index (χ4v) is 4.78. The molecular formula is C20H27F3N4O4. The summed E-state index contributed by atoms with van der Waals surface area (Å²) in [4.78, 5) is 26.8. The molecule has 0 unspecified atom stereocenters. The summed E-state index contributed by atoms with van der Waals surface area (Å²) in [5.41, 5.74) is -0.00681. The molecule has 4 heterocycles. The highest BCUT2D eigenvalue weighted by molar-refractivity contribution is 5.94. The fraction of sp³-hybridized carbons (Fsp3) is 0.750. The minimum absolute atomic E-state index is 0.00681. The zero-order valence-corrected chi connectivity index (χ0v) is 17.4. The highest BCUT2D eigenvalue weighted by atomic mass is 19.4. The highest BCUT2D eigenvalue weighted by Crippen LogP contribution is 2.43. The number of fused-ring (bicyclic) bond motifs is 1. The Kier molecular flexibility index (Phi) is 6.14. The van der Waals surface area contributed by atoms with E-state index in [2.05, 4.69) is 10.4 Å². The van der Waals surface area contributed by atoms with Crippen molar-refractivity contribution in [1.29, 1.82) is 0 Å². The average Bonchev–Trinajstić information content (AvgIpc) is 3.42. The van der Waals surface area contributed by atoms with Crippen molar-refractivity contribution in [3.8, 4) is 0 Å². The quantitative estimate of drug-likeness (QED) is 0.719. The average molecular weight is 444 g/mol. The van der Waals surface area contributed by atoms with Crippen LogP contribution in [0.15, 0.2) is 6.20 Å². The topological polar surface area (TPSA) is 85.7 Å². The lowest BCUT2D eigenvalue weighted by molar-refractivity contribution is -0.175. The number of anilines is 1. The fourth-order valence-electron chi connectivity index (χ4n) is 4.78. The van der Waals surface area contributed by atoms with E-state index in [1.807, 2.05) is 0 Å². The largest absolute Gasteiger partial charge is 0.462 e. The SMILES string of the molecule is CCOC(=O)c1cnn2c1N[C@H]([C@@H]1CCCN(C(=O)[C@@H]3CCOC3)C1)C[C@@H]2C(F)(F)F. The number of rotatable bonds is 4. The molecule has 3 aliphatic heterocycles. The van der Waals surface area contributed by atoms with Crippen LogP contribution in [0.1, 0.15) is 49.0 Å². The number of alkyl halides is 3. The van der Waals surface area contributed by atoms with Crippen LogP contribution in [0.2, 0.25) is 0 Å². The maximum atomic E-state index is 13.8. The summed E-state index contributed by atoms with van der Waals surface area (Å²) < 4.78 is 52.7. The van der Waals surface area contributed by atoms with E-state index in [0.717, 1.165) is 17.3 Å². The first-order chi connectivity index (χ1) is 14.8. The lowest BCUT2D eigenvalue weighted by Crippen LogP contribution is -2.50. The summed E-state index contributed by atoms with van der Waals surface area (Å²) in [6.07, 6.45) is -1.49. The molecule has 0 bridgehead atoms. The van der Waals surface area contributed by atoms with E-state index in [9.17, 15) is 22.8 Å². The van der Waals surface area contributed by atoms with Gasteiger partial charge in [0.1, 0.15) is 11.4 Å². The van der Waals surface area contributed by atoms with Gasteiger partial charge in [0.2, 0.25) is 5.91 Å². The summed E-state index contributed by atoms with van der Waals surface area (Å²) >= 11 is 0. The zero-order chi connectivity index (χ0) is 22.2. The van der Waals surface area contributed by atoms with E-state index in [0.29, 0.717) is 39.1 Å². The monoisotopic (exact) mass is 444 g/mol. The molecule has 172 valence electrons. The number of nitrogens with zero attached hydrogens (tertiary/aromatic N) is 3.